The maximum absolute atomic E-state index is 5.27. The first-order valence-corrected chi connectivity index (χ1v) is 5.67. The molecule has 0 atom stereocenters. The molecule has 0 radical (unpaired) electrons. The first-order valence-electron chi connectivity index (χ1n) is 5.67. The molecule has 0 aromatic carbocycles. The Balaban J connectivity index is 2.30. The summed E-state index contributed by atoms with van der Waals surface area (Å²) in [5, 5.41) is 11.4. The van der Waals surface area contributed by atoms with E-state index in [2.05, 4.69) is 20.6 Å². The molecule has 92 valence electrons. The van der Waals surface area contributed by atoms with Crippen molar-refractivity contribution >= 4 is 0 Å². The van der Waals surface area contributed by atoms with Gasteiger partial charge in [0.2, 0.25) is 0 Å². The average molecular weight is 235 g/mol. The summed E-state index contributed by atoms with van der Waals surface area (Å²) in [5.74, 6) is 1.21. The Morgan fingerprint density at radius 2 is 2.12 bits per heavy atom. The Morgan fingerprint density at radius 3 is 2.71 bits per heavy atom. The molecule has 6 heteroatoms. The molecular formula is C11H17N5O. The van der Waals surface area contributed by atoms with Gasteiger partial charge in [-0.2, -0.15) is 10.1 Å². The number of hydrogen-bond acceptors (Lipinski definition) is 5. The lowest BCUT2D eigenvalue weighted by molar-refractivity contribution is 0.419. The van der Waals surface area contributed by atoms with Crippen molar-refractivity contribution in [2.24, 2.45) is 7.05 Å². The average Bonchev–Trinajstić information content (AvgIpc) is 2.83. The maximum Gasteiger partial charge on any atom is 0.261 e. The zero-order valence-electron chi connectivity index (χ0n) is 10.6. The van der Waals surface area contributed by atoms with Crippen LogP contribution in [-0.2, 0) is 13.6 Å². The fraction of sp³-hybridized carbons (Fsp3) is 0.545. The molecule has 0 bridgehead atoms. The van der Waals surface area contributed by atoms with Gasteiger partial charge in [0.15, 0.2) is 5.82 Å². The summed E-state index contributed by atoms with van der Waals surface area (Å²) in [5.41, 5.74) is 2.87. The molecule has 0 aliphatic heterocycles. The van der Waals surface area contributed by atoms with E-state index in [-0.39, 0.29) is 0 Å². The van der Waals surface area contributed by atoms with Crippen LogP contribution in [-0.4, -0.2) is 26.5 Å². The highest BCUT2D eigenvalue weighted by Gasteiger charge is 2.17. The first-order chi connectivity index (χ1) is 8.13. The highest BCUT2D eigenvalue weighted by molar-refractivity contribution is 5.59. The lowest BCUT2D eigenvalue weighted by Gasteiger charge is -1.95. The van der Waals surface area contributed by atoms with Crippen molar-refractivity contribution < 1.29 is 4.52 Å². The van der Waals surface area contributed by atoms with Gasteiger partial charge in [0.25, 0.3) is 5.89 Å². The normalized spacial score (nSPS) is 11.1. The van der Waals surface area contributed by atoms with Crippen molar-refractivity contribution in [1.82, 2.24) is 25.2 Å². The summed E-state index contributed by atoms with van der Waals surface area (Å²) < 4.78 is 7.09. The predicted octanol–water partition coefficient (Wildman–Crippen LogP) is 1.20. The van der Waals surface area contributed by atoms with Crippen LogP contribution < -0.4 is 5.32 Å². The third-order valence-corrected chi connectivity index (χ3v) is 2.72. The van der Waals surface area contributed by atoms with Gasteiger partial charge in [-0.25, -0.2) is 0 Å². The number of rotatable bonds is 4. The Morgan fingerprint density at radius 1 is 1.35 bits per heavy atom. The van der Waals surface area contributed by atoms with Crippen LogP contribution in [0.1, 0.15) is 24.1 Å². The second-order valence-electron chi connectivity index (χ2n) is 3.97. The van der Waals surface area contributed by atoms with Gasteiger partial charge in [-0.15, -0.1) is 0 Å². The highest BCUT2D eigenvalue weighted by Crippen LogP contribution is 2.24. The summed E-state index contributed by atoms with van der Waals surface area (Å²) in [6.45, 7) is 7.48. The Kier molecular flexibility index (Phi) is 3.23. The van der Waals surface area contributed by atoms with Gasteiger partial charge >= 0.3 is 0 Å². The van der Waals surface area contributed by atoms with Crippen LogP contribution in [0.2, 0.25) is 0 Å². The van der Waals surface area contributed by atoms with Gasteiger partial charge in [0, 0.05) is 12.7 Å². The minimum atomic E-state index is 0.543. The molecule has 1 N–H and O–H groups in total. The van der Waals surface area contributed by atoms with Gasteiger partial charge in [-0.1, -0.05) is 12.1 Å². The molecule has 0 aliphatic carbocycles. The Labute approximate surface area is 100 Å². The van der Waals surface area contributed by atoms with Gasteiger partial charge in [-0.05, 0) is 20.4 Å². The summed E-state index contributed by atoms with van der Waals surface area (Å²) in [7, 11) is 1.90. The van der Waals surface area contributed by atoms with Crippen LogP contribution in [0.3, 0.4) is 0 Å². The lowest BCUT2D eigenvalue weighted by Crippen LogP contribution is -2.12. The molecule has 0 fully saturated rings. The number of nitrogens with one attached hydrogen (secondary N) is 1. The molecule has 0 unspecified atom stereocenters. The van der Waals surface area contributed by atoms with E-state index in [1.54, 1.807) is 0 Å². The number of nitrogens with zero attached hydrogens (tertiary/aromatic N) is 4. The molecule has 2 aromatic heterocycles. The number of hydrogen-bond donors (Lipinski definition) is 1. The molecule has 0 aliphatic rings. The molecular weight excluding hydrogens is 218 g/mol. The number of aromatic nitrogens is 4. The molecule has 17 heavy (non-hydrogen) atoms. The highest BCUT2D eigenvalue weighted by atomic mass is 16.5. The lowest BCUT2D eigenvalue weighted by atomic mass is 10.2. The molecule has 0 amide bonds. The molecule has 2 rings (SSSR count). The molecule has 2 heterocycles. The van der Waals surface area contributed by atoms with Crippen LogP contribution in [0, 0.1) is 13.8 Å². The van der Waals surface area contributed by atoms with Crippen LogP contribution in [0.15, 0.2) is 4.52 Å². The smallest absolute Gasteiger partial charge is 0.261 e. The molecule has 0 saturated heterocycles. The van der Waals surface area contributed by atoms with Crippen molar-refractivity contribution in [2.45, 2.75) is 27.3 Å². The Hall–Kier alpha value is -1.69. The van der Waals surface area contributed by atoms with E-state index in [0.29, 0.717) is 18.3 Å². The van der Waals surface area contributed by atoms with E-state index in [0.717, 1.165) is 23.5 Å². The SMILES string of the molecule is CCNCc1noc(-c2c(C)nn(C)c2C)n1. The quantitative estimate of drug-likeness (QED) is 0.862. The Bertz CT molecular complexity index is 514. The van der Waals surface area contributed by atoms with Crippen molar-refractivity contribution in [3.8, 4) is 11.5 Å². The van der Waals surface area contributed by atoms with E-state index in [1.165, 1.54) is 0 Å². The third kappa shape index (κ3) is 2.21. The van der Waals surface area contributed by atoms with E-state index < -0.39 is 0 Å². The van der Waals surface area contributed by atoms with Gasteiger partial charge in [0.05, 0.1) is 17.8 Å². The summed E-state index contributed by atoms with van der Waals surface area (Å²) in [6, 6.07) is 0. The molecule has 0 saturated carbocycles. The largest absolute Gasteiger partial charge is 0.334 e. The second-order valence-corrected chi connectivity index (χ2v) is 3.97. The standard InChI is InChI=1S/C11H17N5O/c1-5-12-6-9-13-11(17-15-9)10-7(2)14-16(4)8(10)3/h12H,5-6H2,1-4H3. The van der Waals surface area contributed by atoms with Crippen LogP contribution in [0.25, 0.3) is 11.5 Å². The summed E-state index contributed by atoms with van der Waals surface area (Å²) in [6.07, 6.45) is 0. The molecule has 0 spiro atoms. The fourth-order valence-corrected chi connectivity index (χ4v) is 1.75. The fourth-order valence-electron chi connectivity index (χ4n) is 1.75. The minimum Gasteiger partial charge on any atom is -0.334 e. The summed E-state index contributed by atoms with van der Waals surface area (Å²) >= 11 is 0. The van der Waals surface area contributed by atoms with E-state index in [4.69, 9.17) is 4.52 Å². The van der Waals surface area contributed by atoms with E-state index in [1.807, 2.05) is 32.5 Å². The van der Waals surface area contributed by atoms with Crippen molar-refractivity contribution in [3.05, 3.63) is 17.2 Å². The first kappa shape index (κ1) is 11.8. The minimum absolute atomic E-state index is 0.543. The van der Waals surface area contributed by atoms with Crippen LogP contribution in [0.5, 0.6) is 0 Å². The van der Waals surface area contributed by atoms with E-state index in [9.17, 15) is 0 Å². The van der Waals surface area contributed by atoms with Crippen LogP contribution in [0.4, 0.5) is 0 Å². The zero-order valence-corrected chi connectivity index (χ0v) is 10.6. The zero-order chi connectivity index (χ0) is 12.4. The van der Waals surface area contributed by atoms with Crippen molar-refractivity contribution in [2.75, 3.05) is 6.54 Å². The van der Waals surface area contributed by atoms with Gasteiger partial charge in [-0.3, -0.25) is 4.68 Å². The van der Waals surface area contributed by atoms with Gasteiger partial charge in [0.1, 0.15) is 0 Å². The van der Waals surface area contributed by atoms with Crippen LogP contribution >= 0.6 is 0 Å². The monoisotopic (exact) mass is 235 g/mol. The predicted molar refractivity (Wildman–Crippen MR) is 63.4 cm³/mol. The molecule has 2 aromatic rings. The molecule has 6 nitrogen and oxygen atoms in total. The second kappa shape index (κ2) is 4.67. The summed E-state index contributed by atoms with van der Waals surface area (Å²) in [4.78, 5) is 4.36. The number of aryl methyl sites for hydroxylation is 2. The topological polar surface area (TPSA) is 68.8 Å². The van der Waals surface area contributed by atoms with Crippen molar-refractivity contribution in [1.29, 1.82) is 0 Å². The van der Waals surface area contributed by atoms with E-state index >= 15 is 0 Å². The maximum atomic E-state index is 5.27. The third-order valence-electron chi connectivity index (χ3n) is 2.72. The van der Waals surface area contributed by atoms with Gasteiger partial charge < -0.3 is 9.84 Å². The van der Waals surface area contributed by atoms with Crippen molar-refractivity contribution in [3.63, 3.8) is 0 Å².